The summed E-state index contributed by atoms with van der Waals surface area (Å²) in [5, 5.41) is 9.97. The van der Waals surface area contributed by atoms with Gasteiger partial charge < -0.3 is 19.8 Å². The Morgan fingerprint density at radius 1 is 0.960 bits per heavy atom. The Morgan fingerprint density at radius 2 is 1.44 bits per heavy atom. The predicted octanol–water partition coefficient (Wildman–Crippen LogP) is 3.05. The van der Waals surface area contributed by atoms with E-state index >= 15 is 0 Å². The van der Waals surface area contributed by atoms with Crippen LogP contribution in [0.1, 0.15) is 77.6 Å². The van der Waals surface area contributed by atoms with E-state index in [1.807, 2.05) is 11.9 Å². The molecule has 148 valence electrons. The van der Waals surface area contributed by atoms with E-state index in [4.69, 9.17) is 9.79 Å². The molecule has 25 heavy (non-hydrogen) atoms. The van der Waals surface area contributed by atoms with Crippen molar-refractivity contribution in [2.24, 2.45) is 0 Å². The number of rotatable bonds is 17. The van der Waals surface area contributed by atoms with Crippen molar-refractivity contribution < 1.29 is 24.0 Å². The molecule has 8 heteroatoms. The minimum absolute atomic E-state index is 0. The minimum atomic E-state index is -4.38. The Labute approximate surface area is 176 Å². The number of likely N-dealkylation sites (N-methyl/N-ethyl adjacent to an activating group) is 1. The molecule has 0 saturated heterocycles. The molecule has 0 aliphatic heterocycles. The van der Waals surface area contributed by atoms with Gasteiger partial charge in [-0.2, -0.15) is 0 Å². The molecule has 0 amide bonds. The Hall–Kier alpha value is 1.03. The number of phosphoric ester groups is 1. The van der Waals surface area contributed by atoms with Gasteiger partial charge in [0.1, 0.15) is 0 Å². The van der Waals surface area contributed by atoms with Crippen molar-refractivity contribution in [3.8, 4) is 0 Å². The molecule has 0 fully saturated rings. The molecule has 0 rings (SSSR count). The van der Waals surface area contributed by atoms with Crippen molar-refractivity contribution in [1.82, 2.24) is 4.90 Å². The number of nitrogens with zero attached hydrogens (tertiary/aromatic N) is 1. The fraction of sp³-hybridized carbons (Fsp3) is 1.00. The van der Waals surface area contributed by atoms with Gasteiger partial charge in [-0.15, -0.1) is 0 Å². The van der Waals surface area contributed by atoms with E-state index in [1.54, 1.807) is 0 Å². The second-order valence-electron chi connectivity index (χ2n) is 6.71. The van der Waals surface area contributed by atoms with Gasteiger partial charge in [-0.05, 0) is 13.5 Å². The maximum atomic E-state index is 10.6. The summed E-state index contributed by atoms with van der Waals surface area (Å²) < 4.78 is 14.9. The molecule has 0 aromatic heterocycles. The quantitative estimate of drug-likeness (QED) is 0.201. The summed E-state index contributed by atoms with van der Waals surface area (Å²) >= 11 is 0. The van der Waals surface area contributed by atoms with Crippen molar-refractivity contribution in [1.29, 1.82) is 0 Å². The van der Waals surface area contributed by atoms with Gasteiger partial charge in [0, 0.05) is 13.1 Å². The number of hydrogen-bond donors (Lipinski definition) is 3. The molecule has 0 heterocycles. The van der Waals surface area contributed by atoms with Gasteiger partial charge in [0.2, 0.25) is 0 Å². The molecule has 0 spiro atoms. The molecule has 0 aliphatic carbocycles. The first kappa shape index (κ1) is 28.2. The molecule has 0 aromatic carbocycles. The average molecular weight is 391 g/mol. The summed E-state index contributed by atoms with van der Waals surface area (Å²) in [6.45, 7) is 3.09. The number of phosphoric acid groups is 1. The first-order chi connectivity index (χ1) is 11.3. The Balaban J connectivity index is 0. The molecule has 0 saturated carbocycles. The SMILES string of the molecule is CCCCCCCCCCCCC(O)CN(C)CCOP(=O)(O)O.[NaH]. The van der Waals surface area contributed by atoms with Gasteiger partial charge in [0.25, 0.3) is 0 Å². The zero-order valence-corrected chi connectivity index (χ0v) is 16.4. The Kier molecular flexibility index (Phi) is 20.8. The first-order valence-corrected chi connectivity index (χ1v) is 10.9. The van der Waals surface area contributed by atoms with Crippen LogP contribution in [0.15, 0.2) is 0 Å². The maximum absolute atomic E-state index is 10.6. The van der Waals surface area contributed by atoms with Crippen molar-refractivity contribution in [3.63, 3.8) is 0 Å². The van der Waals surface area contributed by atoms with Gasteiger partial charge in [0.05, 0.1) is 12.7 Å². The van der Waals surface area contributed by atoms with E-state index in [2.05, 4.69) is 11.4 Å². The Morgan fingerprint density at radius 3 is 1.92 bits per heavy atom. The summed E-state index contributed by atoms with van der Waals surface area (Å²) in [5.74, 6) is 0. The van der Waals surface area contributed by atoms with Crippen LogP contribution in [0.3, 0.4) is 0 Å². The molecule has 3 N–H and O–H groups in total. The summed E-state index contributed by atoms with van der Waals surface area (Å²) in [6, 6.07) is 0. The summed E-state index contributed by atoms with van der Waals surface area (Å²) in [7, 11) is -2.57. The number of aliphatic hydroxyl groups is 1. The zero-order chi connectivity index (χ0) is 18.3. The van der Waals surface area contributed by atoms with E-state index < -0.39 is 7.82 Å². The van der Waals surface area contributed by atoms with Crippen molar-refractivity contribution in [3.05, 3.63) is 0 Å². The van der Waals surface area contributed by atoms with E-state index in [-0.39, 0.29) is 42.3 Å². The van der Waals surface area contributed by atoms with Crippen molar-refractivity contribution in [2.45, 2.75) is 83.7 Å². The third kappa shape index (κ3) is 23.0. The molecule has 0 bridgehead atoms. The Bertz CT molecular complexity index is 330. The van der Waals surface area contributed by atoms with E-state index in [9.17, 15) is 9.67 Å². The second kappa shape index (κ2) is 18.4. The number of hydrogen-bond acceptors (Lipinski definition) is 4. The summed E-state index contributed by atoms with van der Waals surface area (Å²) in [5.41, 5.74) is 0. The number of aliphatic hydroxyl groups excluding tert-OH is 1. The van der Waals surface area contributed by atoms with Gasteiger partial charge in [-0.3, -0.25) is 4.52 Å². The molecule has 1 unspecified atom stereocenters. The third-order valence-corrected chi connectivity index (χ3v) is 4.66. The van der Waals surface area contributed by atoms with Crippen LogP contribution in [0.5, 0.6) is 0 Å². The van der Waals surface area contributed by atoms with Crippen LogP contribution in [0, 0.1) is 0 Å². The van der Waals surface area contributed by atoms with E-state index in [1.165, 1.54) is 51.4 Å². The van der Waals surface area contributed by atoms with Crippen LogP contribution in [0.2, 0.25) is 0 Å². The fourth-order valence-electron chi connectivity index (χ4n) is 2.73. The van der Waals surface area contributed by atoms with Crippen LogP contribution in [-0.4, -0.2) is 82.2 Å². The van der Waals surface area contributed by atoms with E-state index in [0.29, 0.717) is 13.1 Å². The van der Waals surface area contributed by atoms with Gasteiger partial charge in [0.15, 0.2) is 0 Å². The van der Waals surface area contributed by atoms with Crippen LogP contribution in [0.25, 0.3) is 0 Å². The third-order valence-electron chi connectivity index (χ3n) is 4.15. The van der Waals surface area contributed by atoms with Crippen LogP contribution >= 0.6 is 7.82 Å². The van der Waals surface area contributed by atoms with Crippen molar-refractivity contribution in [2.75, 3.05) is 26.7 Å². The molecular formula is C17H39NNaO5P. The van der Waals surface area contributed by atoms with Gasteiger partial charge in [-0.25, -0.2) is 4.57 Å². The standard InChI is InChI=1S/C17H38NO5P.Na.H/c1-3-4-5-6-7-8-9-10-11-12-13-17(19)16-18(2)14-15-23-24(20,21)22;;/h17,19H,3-16H2,1-2H3,(H2,20,21,22);;. The fourth-order valence-corrected chi connectivity index (χ4v) is 3.04. The summed E-state index contributed by atoms with van der Waals surface area (Å²) in [6.07, 6.45) is 13.2. The van der Waals surface area contributed by atoms with Crippen molar-refractivity contribution >= 4 is 37.4 Å². The first-order valence-electron chi connectivity index (χ1n) is 9.42. The van der Waals surface area contributed by atoms with Gasteiger partial charge >= 0.3 is 37.4 Å². The molecule has 0 aliphatic rings. The number of unbranched alkanes of at least 4 members (excludes halogenated alkanes) is 9. The monoisotopic (exact) mass is 391 g/mol. The molecule has 6 nitrogen and oxygen atoms in total. The zero-order valence-electron chi connectivity index (χ0n) is 15.5. The molecule has 1 atom stereocenters. The summed E-state index contributed by atoms with van der Waals surface area (Å²) in [4.78, 5) is 19.0. The van der Waals surface area contributed by atoms with Crippen LogP contribution in [0.4, 0.5) is 0 Å². The average Bonchev–Trinajstić information content (AvgIpc) is 2.47. The predicted molar refractivity (Wildman–Crippen MR) is 105 cm³/mol. The topological polar surface area (TPSA) is 90.2 Å². The molecular weight excluding hydrogens is 352 g/mol. The normalized spacial score (nSPS) is 13.0. The molecule has 0 aromatic rings. The van der Waals surface area contributed by atoms with Gasteiger partial charge in [-0.1, -0.05) is 71.1 Å². The van der Waals surface area contributed by atoms with E-state index in [0.717, 1.165) is 19.3 Å². The second-order valence-corrected chi connectivity index (χ2v) is 7.95. The molecule has 0 radical (unpaired) electrons. The van der Waals surface area contributed by atoms with Crippen LogP contribution in [-0.2, 0) is 9.09 Å². The van der Waals surface area contributed by atoms with Crippen LogP contribution < -0.4 is 0 Å².